The van der Waals surface area contributed by atoms with Gasteiger partial charge in [-0.2, -0.15) is 13.2 Å². The van der Waals surface area contributed by atoms with Gasteiger partial charge in [-0.3, -0.25) is 4.79 Å². The van der Waals surface area contributed by atoms with Gasteiger partial charge in [0.15, 0.2) is 12.4 Å². The second-order valence-corrected chi connectivity index (χ2v) is 8.72. The monoisotopic (exact) mass is 465 g/mol. The highest BCUT2D eigenvalue weighted by molar-refractivity contribution is 7.13. The molecule has 1 aromatic heterocycles. The van der Waals surface area contributed by atoms with Crippen LogP contribution in [-0.4, -0.2) is 34.2 Å². The highest BCUT2D eigenvalue weighted by Crippen LogP contribution is 2.44. The van der Waals surface area contributed by atoms with Gasteiger partial charge in [0, 0.05) is 18.0 Å². The summed E-state index contributed by atoms with van der Waals surface area (Å²) in [6, 6.07) is 4.78. The SMILES string of the molecule is CN1C(=O)C(/C(N)=N/OCc2csc(-c3ccc(C(F)(F)F)cc3)n2)=C(N)C12CCCC2. The number of likely N-dealkylation sites (N-methyl/N-ethyl adjacent to an activating group) is 1. The topological polar surface area (TPSA) is 107 Å². The molecule has 0 atom stereocenters. The van der Waals surface area contributed by atoms with Crippen molar-refractivity contribution < 1.29 is 22.8 Å². The molecule has 0 unspecified atom stereocenters. The predicted octanol–water partition coefficient (Wildman–Crippen LogP) is 3.62. The van der Waals surface area contributed by atoms with E-state index in [1.54, 1.807) is 17.3 Å². The van der Waals surface area contributed by atoms with Crippen LogP contribution in [-0.2, 0) is 22.4 Å². The van der Waals surface area contributed by atoms with Crippen molar-refractivity contribution in [3.8, 4) is 10.6 Å². The van der Waals surface area contributed by atoms with Crippen LogP contribution in [0.25, 0.3) is 10.6 Å². The Morgan fingerprint density at radius 1 is 1.28 bits per heavy atom. The molecule has 2 aliphatic rings. The Kier molecular flexibility index (Phi) is 5.61. The molecule has 2 heterocycles. The van der Waals surface area contributed by atoms with Crippen molar-refractivity contribution in [2.45, 2.75) is 44.0 Å². The van der Waals surface area contributed by atoms with E-state index in [4.69, 9.17) is 16.3 Å². The molecule has 1 spiro atoms. The van der Waals surface area contributed by atoms with Crippen LogP contribution in [0.1, 0.15) is 36.9 Å². The number of halogens is 3. The summed E-state index contributed by atoms with van der Waals surface area (Å²) in [5.41, 5.74) is 12.8. The summed E-state index contributed by atoms with van der Waals surface area (Å²) in [6.45, 7) is -0.0137. The molecule has 4 N–H and O–H groups in total. The maximum atomic E-state index is 12.7. The quantitative estimate of drug-likeness (QED) is 0.399. The number of oxime groups is 1. The molecule has 1 fully saturated rings. The van der Waals surface area contributed by atoms with Gasteiger partial charge in [0.05, 0.1) is 22.5 Å². The van der Waals surface area contributed by atoms with Gasteiger partial charge in [-0.15, -0.1) is 11.3 Å². The van der Waals surface area contributed by atoms with Gasteiger partial charge in [-0.05, 0) is 25.0 Å². The second-order valence-electron chi connectivity index (χ2n) is 7.86. The lowest BCUT2D eigenvalue weighted by atomic mass is 9.93. The Labute approximate surface area is 186 Å². The van der Waals surface area contributed by atoms with Gasteiger partial charge < -0.3 is 21.2 Å². The van der Waals surface area contributed by atoms with Crippen LogP contribution in [0.5, 0.6) is 0 Å². The maximum absolute atomic E-state index is 12.7. The number of alkyl halides is 3. The maximum Gasteiger partial charge on any atom is 0.416 e. The van der Waals surface area contributed by atoms with Gasteiger partial charge in [0.25, 0.3) is 5.91 Å². The van der Waals surface area contributed by atoms with Gasteiger partial charge in [-0.1, -0.05) is 30.1 Å². The first-order valence-corrected chi connectivity index (χ1v) is 10.9. The van der Waals surface area contributed by atoms with Crippen LogP contribution >= 0.6 is 11.3 Å². The number of amidine groups is 1. The van der Waals surface area contributed by atoms with E-state index in [0.29, 0.717) is 22.0 Å². The Hall–Kier alpha value is -3.08. The molecule has 170 valence electrons. The van der Waals surface area contributed by atoms with E-state index in [1.807, 2.05) is 0 Å². The summed E-state index contributed by atoms with van der Waals surface area (Å²) >= 11 is 1.27. The lowest BCUT2D eigenvalue weighted by Gasteiger charge is -2.33. The average molecular weight is 466 g/mol. The number of thiazole rings is 1. The number of nitrogens with zero attached hydrogens (tertiary/aromatic N) is 3. The molecular weight excluding hydrogens is 443 g/mol. The zero-order valence-corrected chi connectivity index (χ0v) is 18.1. The summed E-state index contributed by atoms with van der Waals surface area (Å²) in [5.74, 6) is -0.353. The molecule has 4 rings (SSSR count). The molecule has 1 saturated carbocycles. The van der Waals surface area contributed by atoms with Gasteiger partial charge in [-0.25, -0.2) is 4.98 Å². The fourth-order valence-corrected chi connectivity index (χ4v) is 5.03. The zero-order valence-electron chi connectivity index (χ0n) is 17.3. The summed E-state index contributed by atoms with van der Waals surface area (Å²) in [7, 11) is 1.72. The van der Waals surface area contributed by atoms with Crippen LogP contribution in [0, 0.1) is 0 Å². The van der Waals surface area contributed by atoms with E-state index in [-0.39, 0.29) is 23.9 Å². The fourth-order valence-electron chi connectivity index (χ4n) is 4.22. The number of rotatable bonds is 5. The number of hydrogen-bond acceptors (Lipinski definition) is 6. The van der Waals surface area contributed by atoms with Gasteiger partial charge >= 0.3 is 6.18 Å². The van der Waals surface area contributed by atoms with Crippen molar-refractivity contribution in [3.05, 3.63) is 52.2 Å². The molecule has 1 amide bonds. The summed E-state index contributed by atoms with van der Waals surface area (Å²) in [6.07, 6.45) is -0.812. The van der Waals surface area contributed by atoms with E-state index in [0.717, 1.165) is 37.8 Å². The second kappa shape index (κ2) is 8.12. The zero-order chi connectivity index (χ0) is 23.1. The molecule has 2 aromatic rings. The van der Waals surface area contributed by atoms with Gasteiger partial charge in [0.2, 0.25) is 0 Å². The Bertz CT molecular complexity index is 1090. The molecular formula is C21H22F3N5O2S. The van der Waals surface area contributed by atoms with Crippen LogP contribution < -0.4 is 11.5 Å². The third-order valence-corrected chi connectivity index (χ3v) is 6.94. The van der Waals surface area contributed by atoms with E-state index < -0.39 is 17.3 Å². The lowest BCUT2D eigenvalue weighted by molar-refractivity contribution is -0.137. The number of carbonyl (C=O) groups excluding carboxylic acids is 1. The highest BCUT2D eigenvalue weighted by Gasteiger charge is 2.51. The van der Waals surface area contributed by atoms with E-state index in [2.05, 4.69) is 10.1 Å². The van der Waals surface area contributed by atoms with Crippen molar-refractivity contribution >= 4 is 23.1 Å². The third kappa shape index (κ3) is 3.81. The lowest BCUT2D eigenvalue weighted by Crippen LogP contribution is -2.45. The Morgan fingerprint density at radius 2 is 1.94 bits per heavy atom. The number of nitrogens with two attached hydrogens (primary N) is 2. The largest absolute Gasteiger partial charge is 0.416 e. The fraction of sp³-hybridized carbons (Fsp3) is 0.381. The first kappa shape index (κ1) is 22.1. The van der Waals surface area contributed by atoms with Gasteiger partial charge in [0.1, 0.15) is 10.6 Å². The molecule has 1 aliphatic carbocycles. The van der Waals surface area contributed by atoms with Crippen molar-refractivity contribution in [3.63, 3.8) is 0 Å². The molecule has 1 aromatic carbocycles. The third-order valence-electron chi connectivity index (χ3n) is 6.00. The molecule has 0 radical (unpaired) electrons. The van der Waals surface area contributed by atoms with E-state index in [9.17, 15) is 18.0 Å². The molecule has 0 saturated heterocycles. The van der Waals surface area contributed by atoms with Crippen molar-refractivity contribution in [1.29, 1.82) is 0 Å². The molecule has 32 heavy (non-hydrogen) atoms. The van der Waals surface area contributed by atoms with Crippen molar-refractivity contribution in [2.75, 3.05) is 7.05 Å². The van der Waals surface area contributed by atoms with Crippen LogP contribution in [0.4, 0.5) is 13.2 Å². The van der Waals surface area contributed by atoms with Crippen LogP contribution in [0.15, 0.2) is 46.1 Å². The smallest absolute Gasteiger partial charge is 0.399 e. The summed E-state index contributed by atoms with van der Waals surface area (Å²) in [4.78, 5) is 24.0. The predicted molar refractivity (Wildman–Crippen MR) is 114 cm³/mol. The van der Waals surface area contributed by atoms with Crippen LogP contribution in [0.3, 0.4) is 0 Å². The minimum Gasteiger partial charge on any atom is -0.399 e. The number of carbonyl (C=O) groups is 1. The number of amides is 1. The average Bonchev–Trinajstić information content (AvgIpc) is 3.46. The van der Waals surface area contributed by atoms with Crippen molar-refractivity contribution in [1.82, 2.24) is 9.88 Å². The Balaban J connectivity index is 1.43. The number of aromatic nitrogens is 1. The normalized spacial score (nSPS) is 18.8. The summed E-state index contributed by atoms with van der Waals surface area (Å²) < 4.78 is 38.1. The minimum atomic E-state index is -4.38. The van der Waals surface area contributed by atoms with Crippen molar-refractivity contribution in [2.24, 2.45) is 16.6 Å². The first-order valence-electron chi connectivity index (χ1n) is 10.00. The number of benzene rings is 1. The van der Waals surface area contributed by atoms with E-state index in [1.165, 1.54) is 23.5 Å². The van der Waals surface area contributed by atoms with E-state index >= 15 is 0 Å². The minimum absolute atomic E-state index is 0.0137. The number of hydrogen-bond donors (Lipinski definition) is 2. The first-order chi connectivity index (χ1) is 15.1. The molecule has 11 heteroatoms. The highest BCUT2D eigenvalue weighted by atomic mass is 32.1. The summed E-state index contributed by atoms with van der Waals surface area (Å²) in [5, 5.41) is 6.13. The van der Waals surface area contributed by atoms with Crippen LogP contribution in [0.2, 0.25) is 0 Å². The Morgan fingerprint density at radius 3 is 2.56 bits per heavy atom. The molecule has 7 nitrogen and oxygen atoms in total. The molecule has 0 bridgehead atoms. The molecule has 1 aliphatic heterocycles. The standard InChI is InChI=1S/C21H22F3N5O2S/c1-29-19(30)15(16(25)20(29)8-2-3-9-20)17(26)28-31-10-14-11-32-18(27-14)12-4-6-13(7-5-12)21(22,23)24/h4-7,11H,2-3,8-10,25H2,1H3,(H2,26,28).